The van der Waals surface area contributed by atoms with E-state index in [1.807, 2.05) is 12.1 Å². The van der Waals surface area contributed by atoms with Gasteiger partial charge in [-0.05, 0) is 87.0 Å². The number of ether oxygens (including phenoxy) is 5. The average Bonchev–Trinajstić information content (AvgIpc) is 3.12. The van der Waals surface area contributed by atoms with Crippen LogP contribution < -0.4 is 34.3 Å². The molecule has 0 radical (unpaired) electrons. The Morgan fingerprint density at radius 1 is 0.885 bits per heavy atom. The number of fused-ring (bicyclic) bond motifs is 3. The highest BCUT2D eigenvalue weighted by Gasteiger charge is 2.51. The summed E-state index contributed by atoms with van der Waals surface area (Å²) in [4.78, 5) is 0. The first kappa shape index (κ1) is 35.2. The molecule has 1 saturated carbocycles. The van der Waals surface area contributed by atoms with Gasteiger partial charge in [0.2, 0.25) is 5.75 Å². The summed E-state index contributed by atoms with van der Waals surface area (Å²) in [5.74, 6) is 3.60. The van der Waals surface area contributed by atoms with Crippen molar-refractivity contribution in [1.29, 1.82) is 0 Å². The highest BCUT2D eigenvalue weighted by atomic mass is 16.5. The van der Waals surface area contributed by atoms with E-state index >= 15 is 0 Å². The maximum Gasteiger partial charge on any atom is 0.200 e. The Morgan fingerprint density at radius 2 is 1.62 bits per heavy atom. The molecule has 8 rings (SSSR count). The Labute approximate surface area is 306 Å². The smallest absolute Gasteiger partial charge is 0.200 e. The molecule has 52 heavy (non-hydrogen) atoms. The van der Waals surface area contributed by atoms with Crippen LogP contribution in [-0.4, -0.2) is 55.0 Å². The van der Waals surface area contributed by atoms with Gasteiger partial charge in [-0.15, -0.1) is 0 Å². The number of phenols is 1. The number of aliphatic hydroxyl groups is 2. The fourth-order valence-corrected chi connectivity index (χ4v) is 10.1. The zero-order valence-electron chi connectivity index (χ0n) is 31.3. The first-order valence-corrected chi connectivity index (χ1v) is 19.2. The van der Waals surface area contributed by atoms with Gasteiger partial charge in [0.1, 0.15) is 17.2 Å². The first-order chi connectivity index (χ1) is 25.1. The second-order valence-corrected chi connectivity index (χ2v) is 16.1. The molecule has 280 valence electrons. The molecule has 0 amide bonds. The minimum Gasteiger partial charge on any atom is -0.502 e. The molecule has 5 aliphatic rings. The molecule has 10 nitrogen and oxygen atoms in total. The number of rotatable bonds is 9. The van der Waals surface area contributed by atoms with Gasteiger partial charge >= 0.3 is 0 Å². The number of hydrogen-bond acceptors (Lipinski definition) is 10. The van der Waals surface area contributed by atoms with Crippen LogP contribution in [0.2, 0.25) is 0 Å². The second-order valence-electron chi connectivity index (χ2n) is 16.1. The van der Waals surface area contributed by atoms with Crippen molar-refractivity contribution < 1.29 is 39.0 Å². The van der Waals surface area contributed by atoms with Crippen molar-refractivity contribution in [3.8, 4) is 45.6 Å². The molecule has 0 aromatic heterocycles. The molecule has 3 aromatic carbocycles. The maximum absolute atomic E-state index is 12.2. The van der Waals surface area contributed by atoms with Gasteiger partial charge in [0, 0.05) is 64.4 Å². The normalized spacial score (nSPS) is 28.5. The monoisotopic (exact) mass is 714 g/mol. The van der Waals surface area contributed by atoms with Crippen molar-refractivity contribution in [2.24, 2.45) is 17.8 Å². The van der Waals surface area contributed by atoms with E-state index in [9.17, 15) is 15.3 Å². The van der Waals surface area contributed by atoms with Crippen LogP contribution >= 0.6 is 0 Å². The van der Waals surface area contributed by atoms with Crippen molar-refractivity contribution >= 4 is 5.69 Å². The number of phenolic OH excluding ortho intramolecular Hbond substituents is 1. The molecular weight excluding hydrogens is 660 g/mol. The van der Waals surface area contributed by atoms with Crippen LogP contribution in [0.5, 0.6) is 34.5 Å². The molecule has 0 bridgehead atoms. The van der Waals surface area contributed by atoms with E-state index in [1.54, 1.807) is 19.2 Å². The van der Waals surface area contributed by atoms with E-state index < -0.39 is 24.0 Å². The average molecular weight is 715 g/mol. The van der Waals surface area contributed by atoms with Crippen LogP contribution in [0.25, 0.3) is 11.1 Å². The number of aromatic hydroxyl groups is 1. The third kappa shape index (κ3) is 5.64. The summed E-state index contributed by atoms with van der Waals surface area (Å²) < 4.78 is 30.7. The summed E-state index contributed by atoms with van der Waals surface area (Å²) in [6.45, 7) is 7.08. The second kappa shape index (κ2) is 13.5. The molecule has 3 aromatic rings. The molecular formula is C42H54N2O8. The minimum atomic E-state index is -1.01. The zero-order chi connectivity index (χ0) is 36.5. The van der Waals surface area contributed by atoms with Gasteiger partial charge in [0.15, 0.2) is 23.5 Å². The Bertz CT molecular complexity index is 1840. The van der Waals surface area contributed by atoms with E-state index in [2.05, 4.69) is 31.4 Å². The number of benzene rings is 3. The van der Waals surface area contributed by atoms with Crippen molar-refractivity contribution in [3.05, 3.63) is 52.1 Å². The van der Waals surface area contributed by atoms with Gasteiger partial charge in [-0.25, -0.2) is 0 Å². The van der Waals surface area contributed by atoms with Gasteiger partial charge < -0.3 is 44.3 Å². The van der Waals surface area contributed by atoms with Crippen LogP contribution in [0.3, 0.4) is 0 Å². The van der Waals surface area contributed by atoms with Crippen molar-refractivity contribution in [1.82, 2.24) is 5.32 Å². The summed E-state index contributed by atoms with van der Waals surface area (Å²) in [7, 11) is 4.69. The summed E-state index contributed by atoms with van der Waals surface area (Å²) in [5.41, 5.74) is 6.31. The van der Waals surface area contributed by atoms with Crippen LogP contribution in [0.4, 0.5) is 5.69 Å². The third-order valence-corrected chi connectivity index (χ3v) is 12.6. The molecule has 7 atom stereocenters. The van der Waals surface area contributed by atoms with Gasteiger partial charge in [-0.1, -0.05) is 20.3 Å². The lowest BCUT2D eigenvalue weighted by molar-refractivity contribution is -0.110. The van der Waals surface area contributed by atoms with Crippen LogP contribution in [0, 0.1) is 17.8 Å². The van der Waals surface area contributed by atoms with Crippen LogP contribution in [0.1, 0.15) is 112 Å². The van der Waals surface area contributed by atoms with Crippen LogP contribution in [-0.2, 0) is 12.8 Å². The lowest BCUT2D eigenvalue weighted by Crippen LogP contribution is -2.65. The van der Waals surface area contributed by atoms with E-state index in [0.717, 1.165) is 76.1 Å². The maximum atomic E-state index is 12.2. The quantitative estimate of drug-likeness (QED) is 0.152. The highest BCUT2D eigenvalue weighted by Crippen LogP contribution is 2.58. The van der Waals surface area contributed by atoms with Gasteiger partial charge in [-0.2, -0.15) is 0 Å². The summed E-state index contributed by atoms with van der Waals surface area (Å²) >= 11 is 0. The fourth-order valence-electron chi connectivity index (χ4n) is 10.1. The van der Waals surface area contributed by atoms with Gasteiger partial charge in [-0.3, -0.25) is 5.32 Å². The molecule has 5 N–H and O–H groups in total. The number of anilines is 1. The molecule has 10 heteroatoms. The first-order valence-electron chi connectivity index (χ1n) is 19.2. The SMILES string of the molecule is COc1cc([C@@H]2COc3cc4c5c(c3[C@H]2O)CCc2c(OC)cc(O[C@@]36CCC[C@@H](CCC(C)C)[C@H]3CC[C@@H](C)N6)c(c2-5)[C@@H](O)N4)cc(OC)c1O. The number of nitrogens with one attached hydrogen (secondary N) is 2. The van der Waals surface area contributed by atoms with Gasteiger partial charge in [0.05, 0.1) is 39.6 Å². The number of aliphatic hydroxyl groups excluding tert-OH is 2. The molecule has 0 spiro atoms. The predicted molar refractivity (Wildman–Crippen MR) is 199 cm³/mol. The standard InChI is InChI=1S/C42H54N2O8/c1-21(2)9-11-23-8-7-15-42(28(23)14-10-22(3)44-42)52-32-19-30(48-4)25-12-13-26-35-29(43-41(47)38(32)37(25)35)18-31-36(26)39(45)27(20-51-31)24-16-33(49-5)40(46)34(17-24)50-6/h16-19,21-23,27-28,39,41,43-47H,7-15,20H2,1-6H3/t22-,23+,27+,28-,39+,41-,42+/m1/s1. The van der Waals surface area contributed by atoms with Crippen LogP contribution in [0.15, 0.2) is 24.3 Å². The van der Waals surface area contributed by atoms with E-state index in [0.29, 0.717) is 48.1 Å². The zero-order valence-corrected chi connectivity index (χ0v) is 31.3. The van der Waals surface area contributed by atoms with E-state index in [-0.39, 0.29) is 23.9 Å². The lowest BCUT2D eigenvalue weighted by atomic mass is 9.66. The Kier molecular flexibility index (Phi) is 9.15. The Hall–Kier alpha value is -3.86. The molecule has 2 aliphatic carbocycles. The topological polar surface area (TPSA) is 131 Å². The molecule has 2 fully saturated rings. The number of piperidine rings is 1. The minimum absolute atomic E-state index is 0.0895. The van der Waals surface area contributed by atoms with Gasteiger partial charge in [0.25, 0.3) is 0 Å². The fraction of sp³-hybridized carbons (Fsp3) is 0.571. The number of methoxy groups -OCH3 is 3. The van der Waals surface area contributed by atoms with Crippen molar-refractivity contribution in [2.75, 3.05) is 33.3 Å². The molecule has 0 unspecified atom stereocenters. The molecule has 3 heterocycles. The van der Waals surface area contributed by atoms with E-state index in [4.69, 9.17) is 23.7 Å². The Balaban J connectivity index is 1.23. The number of hydrogen-bond donors (Lipinski definition) is 5. The summed E-state index contributed by atoms with van der Waals surface area (Å²) in [6, 6.07) is 7.69. The largest absolute Gasteiger partial charge is 0.502 e. The van der Waals surface area contributed by atoms with E-state index in [1.165, 1.54) is 33.5 Å². The summed E-state index contributed by atoms with van der Waals surface area (Å²) in [6.07, 6.45) is 7.28. The predicted octanol–water partition coefficient (Wildman–Crippen LogP) is 7.51. The lowest BCUT2D eigenvalue weighted by Gasteiger charge is -2.53. The molecule has 3 aliphatic heterocycles. The summed E-state index contributed by atoms with van der Waals surface area (Å²) in [5, 5.41) is 42.0. The van der Waals surface area contributed by atoms with Crippen molar-refractivity contribution in [3.63, 3.8) is 0 Å². The third-order valence-electron chi connectivity index (χ3n) is 12.6. The van der Waals surface area contributed by atoms with Crippen molar-refractivity contribution in [2.45, 2.75) is 109 Å². The highest BCUT2D eigenvalue weighted by molar-refractivity contribution is 5.93. The Morgan fingerprint density at radius 3 is 2.33 bits per heavy atom. The molecule has 1 saturated heterocycles.